The number of carbonyl (C=O) groups excluding carboxylic acids is 1. The number of ether oxygens (including phenoxy) is 1. The van der Waals surface area contributed by atoms with Gasteiger partial charge in [0.05, 0.1) is 6.10 Å². The van der Waals surface area contributed by atoms with Gasteiger partial charge in [-0.05, 0) is 42.0 Å². The van der Waals surface area contributed by atoms with Gasteiger partial charge in [0, 0.05) is 24.4 Å². The Hall–Kier alpha value is -3.08. The van der Waals surface area contributed by atoms with E-state index >= 15 is 0 Å². The molecule has 130 valence electrons. The summed E-state index contributed by atoms with van der Waals surface area (Å²) < 4.78 is 5.14. The lowest BCUT2D eigenvalue weighted by atomic mass is 10.1. The van der Waals surface area contributed by atoms with Crippen LogP contribution in [-0.4, -0.2) is 29.5 Å². The molecule has 0 fully saturated rings. The molecule has 0 aliphatic rings. The maximum absolute atomic E-state index is 12.0. The van der Waals surface area contributed by atoms with Gasteiger partial charge in [0.25, 0.3) is 0 Å². The van der Waals surface area contributed by atoms with E-state index < -0.39 is 12.1 Å². The van der Waals surface area contributed by atoms with Crippen molar-refractivity contribution in [3.8, 4) is 11.8 Å². The van der Waals surface area contributed by atoms with E-state index in [1.807, 2.05) is 6.07 Å². The molecular formula is C18H19N3O4. The second kappa shape index (κ2) is 9.27. The van der Waals surface area contributed by atoms with Crippen LogP contribution in [0.15, 0.2) is 48.5 Å². The number of hydrogen-bond acceptors (Lipinski definition) is 5. The average Bonchev–Trinajstić information content (AvgIpc) is 2.61. The molecule has 0 spiro atoms. The molecule has 25 heavy (non-hydrogen) atoms. The molecule has 0 aromatic heterocycles. The van der Waals surface area contributed by atoms with Crippen molar-refractivity contribution in [2.24, 2.45) is 0 Å². The van der Waals surface area contributed by atoms with Crippen LogP contribution in [0.4, 0.5) is 16.2 Å². The van der Waals surface area contributed by atoms with Crippen LogP contribution in [0.2, 0.25) is 0 Å². The lowest BCUT2D eigenvalue weighted by molar-refractivity contribution is 0.134. The van der Waals surface area contributed by atoms with Crippen molar-refractivity contribution in [3.05, 3.63) is 54.1 Å². The zero-order chi connectivity index (χ0) is 18.1. The summed E-state index contributed by atoms with van der Waals surface area (Å²) in [5.74, 6) is 0.540. The van der Waals surface area contributed by atoms with E-state index in [1.54, 1.807) is 48.5 Å². The Morgan fingerprint density at radius 1 is 1.16 bits per heavy atom. The van der Waals surface area contributed by atoms with Crippen LogP contribution in [-0.2, 0) is 0 Å². The first kappa shape index (κ1) is 18.3. The predicted molar refractivity (Wildman–Crippen MR) is 93.3 cm³/mol. The molecule has 2 aromatic carbocycles. The third-order valence-corrected chi connectivity index (χ3v) is 3.35. The Morgan fingerprint density at radius 3 is 2.56 bits per heavy atom. The van der Waals surface area contributed by atoms with E-state index in [2.05, 4.69) is 10.6 Å². The monoisotopic (exact) mass is 341 g/mol. The average molecular weight is 341 g/mol. The second-order valence-corrected chi connectivity index (χ2v) is 5.20. The summed E-state index contributed by atoms with van der Waals surface area (Å²) in [6.45, 7) is -0.154. The SMILES string of the molecule is N#CCOc1ccc(NC(=O)Nc2cccc(C(O)CCO)c2)cc1. The lowest BCUT2D eigenvalue weighted by Gasteiger charge is -2.12. The highest BCUT2D eigenvalue weighted by Crippen LogP contribution is 2.20. The second-order valence-electron chi connectivity index (χ2n) is 5.20. The minimum Gasteiger partial charge on any atom is -0.479 e. The van der Waals surface area contributed by atoms with Crippen molar-refractivity contribution >= 4 is 17.4 Å². The minimum absolute atomic E-state index is 0.0360. The molecule has 0 heterocycles. The number of benzene rings is 2. The van der Waals surface area contributed by atoms with Crippen LogP contribution in [0.5, 0.6) is 5.75 Å². The normalized spacial score (nSPS) is 11.2. The molecule has 2 amide bonds. The molecule has 0 saturated carbocycles. The van der Waals surface area contributed by atoms with Crippen LogP contribution >= 0.6 is 0 Å². The number of hydrogen-bond donors (Lipinski definition) is 4. The van der Waals surface area contributed by atoms with E-state index in [-0.39, 0.29) is 19.6 Å². The number of rotatable bonds is 7. The first-order valence-corrected chi connectivity index (χ1v) is 7.69. The summed E-state index contributed by atoms with van der Waals surface area (Å²) in [4.78, 5) is 12.0. The van der Waals surface area contributed by atoms with Crippen molar-refractivity contribution < 1.29 is 19.7 Å². The Kier molecular flexibility index (Phi) is 6.77. The molecule has 0 aliphatic carbocycles. The van der Waals surface area contributed by atoms with Crippen molar-refractivity contribution in [1.29, 1.82) is 5.26 Å². The molecule has 2 rings (SSSR count). The molecular weight excluding hydrogens is 322 g/mol. The Labute approximate surface area is 145 Å². The maximum Gasteiger partial charge on any atom is 0.323 e. The summed E-state index contributed by atoms with van der Waals surface area (Å²) in [6, 6.07) is 14.9. The largest absolute Gasteiger partial charge is 0.479 e. The van der Waals surface area contributed by atoms with Gasteiger partial charge in [0.1, 0.15) is 11.8 Å². The van der Waals surface area contributed by atoms with Crippen LogP contribution in [0.1, 0.15) is 18.1 Å². The molecule has 0 saturated heterocycles. The molecule has 0 bridgehead atoms. The number of aliphatic hydroxyl groups excluding tert-OH is 2. The van der Waals surface area contributed by atoms with Crippen molar-refractivity contribution in [2.45, 2.75) is 12.5 Å². The third kappa shape index (κ3) is 5.80. The van der Waals surface area contributed by atoms with Gasteiger partial charge in [-0.2, -0.15) is 5.26 Å². The molecule has 2 aromatic rings. The summed E-state index contributed by atoms with van der Waals surface area (Å²) in [5.41, 5.74) is 1.71. The number of nitrogens with zero attached hydrogens (tertiary/aromatic N) is 1. The molecule has 4 N–H and O–H groups in total. The van der Waals surface area contributed by atoms with Crippen molar-refractivity contribution in [2.75, 3.05) is 23.8 Å². The fourth-order valence-electron chi connectivity index (χ4n) is 2.16. The summed E-state index contributed by atoms with van der Waals surface area (Å²) in [5, 5.41) is 32.6. The fraction of sp³-hybridized carbons (Fsp3) is 0.222. The highest BCUT2D eigenvalue weighted by atomic mass is 16.5. The molecule has 7 heteroatoms. The molecule has 1 unspecified atom stereocenters. The third-order valence-electron chi connectivity index (χ3n) is 3.35. The standard InChI is InChI=1S/C18H19N3O4/c19-9-11-25-16-6-4-14(5-7-16)20-18(24)21-15-3-1-2-13(12-15)17(23)8-10-22/h1-7,12,17,22-23H,8,10-11H2,(H2,20,21,24). The topological polar surface area (TPSA) is 115 Å². The Bertz CT molecular complexity index is 741. The summed E-state index contributed by atoms with van der Waals surface area (Å²) >= 11 is 0. The van der Waals surface area contributed by atoms with Gasteiger partial charge in [-0.3, -0.25) is 0 Å². The van der Waals surface area contributed by atoms with Gasteiger partial charge in [0.2, 0.25) is 0 Å². The molecule has 0 aliphatic heterocycles. The Morgan fingerprint density at radius 2 is 1.88 bits per heavy atom. The van der Waals surface area contributed by atoms with Gasteiger partial charge in [-0.1, -0.05) is 12.1 Å². The van der Waals surface area contributed by atoms with Gasteiger partial charge in [0.15, 0.2) is 6.61 Å². The molecule has 1 atom stereocenters. The minimum atomic E-state index is -0.782. The van der Waals surface area contributed by atoms with Crippen LogP contribution in [0.25, 0.3) is 0 Å². The van der Waals surface area contributed by atoms with Crippen molar-refractivity contribution in [1.82, 2.24) is 0 Å². The zero-order valence-corrected chi connectivity index (χ0v) is 13.5. The first-order chi connectivity index (χ1) is 12.1. The van der Waals surface area contributed by atoms with E-state index in [0.717, 1.165) is 0 Å². The smallest absolute Gasteiger partial charge is 0.323 e. The van der Waals surface area contributed by atoms with Crippen molar-refractivity contribution in [3.63, 3.8) is 0 Å². The van der Waals surface area contributed by atoms with Gasteiger partial charge in [-0.25, -0.2) is 4.79 Å². The van der Waals surface area contributed by atoms with Gasteiger partial charge >= 0.3 is 6.03 Å². The zero-order valence-electron chi connectivity index (χ0n) is 13.5. The number of urea groups is 1. The number of aliphatic hydroxyl groups is 2. The van der Waals surface area contributed by atoms with Crippen LogP contribution < -0.4 is 15.4 Å². The maximum atomic E-state index is 12.0. The number of amides is 2. The van der Waals surface area contributed by atoms with E-state index in [1.165, 1.54) is 0 Å². The van der Waals surface area contributed by atoms with E-state index in [0.29, 0.717) is 22.7 Å². The highest BCUT2D eigenvalue weighted by Gasteiger charge is 2.09. The quantitative estimate of drug-likeness (QED) is 0.618. The fourth-order valence-corrected chi connectivity index (χ4v) is 2.16. The van der Waals surface area contributed by atoms with E-state index in [9.17, 15) is 9.90 Å². The van der Waals surface area contributed by atoms with Crippen LogP contribution in [0, 0.1) is 11.3 Å². The number of anilines is 2. The van der Waals surface area contributed by atoms with Gasteiger partial charge in [-0.15, -0.1) is 0 Å². The summed E-state index contributed by atoms with van der Waals surface area (Å²) in [6.07, 6.45) is -0.550. The Balaban J connectivity index is 1.94. The molecule has 7 nitrogen and oxygen atoms in total. The summed E-state index contributed by atoms with van der Waals surface area (Å²) in [7, 11) is 0. The lowest BCUT2D eigenvalue weighted by Crippen LogP contribution is -2.19. The van der Waals surface area contributed by atoms with Gasteiger partial charge < -0.3 is 25.6 Å². The first-order valence-electron chi connectivity index (χ1n) is 7.69. The predicted octanol–water partition coefficient (Wildman–Crippen LogP) is 2.65. The number of nitrogens with one attached hydrogen (secondary N) is 2. The van der Waals surface area contributed by atoms with E-state index in [4.69, 9.17) is 15.1 Å². The van der Waals surface area contributed by atoms with Crippen LogP contribution in [0.3, 0.4) is 0 Å². The molecule has 0 radical (unpaired) electrons. The number of carbonyl (C=O) groups is 1. The highest BCUT2D eigenvalue weighted by molar-refractivity contribution is 5.99. The number of nitriles is 1.